The summed E-state index contributed by atoms with van der Waals surface area (Å²) in [7, 11) is 0. The molecular formula is C16H21BrN2O7. The number of hydrogen-bond acceptors (Lipinski definition) is 7. The van der Waals surface area contributed by atoms with Crippen molar-refractivity contribution in [3.8, 4) is 0 Å². The number of aromatic nitrogens is 2. The van der Waals surface area contributed by atoms with Crippen LogP contribution in [0.1, 0.15) is 38.0 Å². The number of carbonyl (C=O) groups is 1. The molecule has 1 saturated heterocycles. The van der Waals surface area contributed by atoms with Gasteiger partial charge < -0.3 is 19.7 Å². The van der Waals surface area contributed by atoms with E-state index in [-0.39, 0.29) is 12.0 Å². The van der Waals surface area contributed by atoms with Crippen molar-refractivity contribution in [2.75, 3.05) is 6.61 Å². The third-order valence-corrected chi connectivity index (χ3v) is 4.27. The lowest BCUT2D eigenvalue weighted by molar-refractivity contribution is -0.159. The highest BCUT2D eigenvalue weighted by Crippen LogP contribution is 2.31. The molecule has 2 rings (SSSR count). The number of esters is 1. The van der Waals surface area contributed by atoms with Gasteiger partial charge in [0.05, 0.1) is 12.2 Å². The first-order chi connectivity index (χ1) is 12.4. The Balaban J connectivity index is 2.38. The predicted octanol–water partition coefficient (Wildman–Crippen LogP) is 0.255. The molecule has 10 heteroatoms. The van der Waals surface area contributed by atoms with E-state index in [1.54, 1.807) is 0 Å². The van der Waals surface area contributed by atoms with Crippen LogP contribution in [0.25, 0.3) is 6.08 Å². The fraction of sp³-hybridized carbons (Fsp3) is 0.562. The zero-order valence-electron chi connectivity index (χ0n) is 14.1. The van der Waals surface area contributed by atoms with Crippen LogP contribution in [-0.2, 0) is 14.3 Å². The van der Waals surface area contributed by atoms with Gasteiger partial charge in [-0.1, -0.05) is 29.3 Å². The summed E-state index contributed by atoms with van der Waals surface area (Å²) in [5, 5.41) is 19.7. The van der Waals surface area contributed by atoms with Gasteiger partial charge in [-0.2, -0.15) is 0 Å². The molecule has 0 spiro atoms. The Morgan fingerprint density at radius 3 is 2.85 bits per heavy atom. The van der Waals surface area contributed by atoms with Crippen molar-refractivity contribution in [1.29, 1.82) is 0 Å². The number of halogens is 1. The number of nitrogens with one attached hydrogen (secondary N) is 1. The van der Waals surface area contributed by atoms with Gasteiger partial charge in [-0.15, -0.1) is 0 Å². The third-order valence-electron chi connectivity index (χ3n) is 4.01. The number of aliphatic hydroxyl groups excluding tert-OH is 2. The predicted molar refractivity (Wildman–Crippen MR) is 95.7 cm³/mol. The zero-order valence-corrected chi connectivity index (χ0v) is 15.7. The van der Waals surface area contributed by atoms with Crippen LogP contribution in [0.2, 0.25) is 0 Å². The van der Waals surface area contributed by atoms with Gasteiger partial charge in [-0.3, -0.25) is 19.1 Å². The van der Waals surface area contributed by atoms with Crippen LogP contribution < -0.4 is 11.2 Å². The van der Waals surface area contributed by atoms with E-state index in [4.69, 9.17) is 9.47 Å². The van der Waals surface area contributed by atoms with E-state index >= 15 is 0 Å². The molecule has 0 unspecified atom stereocenters. The van der Waals surface area contributed by atoms with E-state index < -0.39 is 48.4 Å². The number of H-pyrrole nitrogens is 1. The average Bonchev–Trinajstić information content (AvgIpc) is 2.91. The third kappa shape index (κ3) is 4.50. The van der Waals surface area contributed by atoms with Crippen molar-refractivity contribution in [2.45, 2.75) is 50.7 Å². The molecule has 0 aromatic carbocycles. The van der Waals surface area contributed by atoms with Crippen molar-refractivity contribution >= 4 is 28.0 Å². The monoisotopic (exact) mass is 432 g/mol. The highest BCUT2D eigenvalue weighted by atomic mass is 79.9. The second-order valence-electron chi connectivity index (χ2n) is 5.84. The minimum atomic E-state index is -1.32. The van der Waals surface area contributed by atoms with Gasteiger partial charge in [-0.25, -0.2) is 4.79 Å². The number of aliphatic hydroxyl groups is 2. The Morgan fingerprint density at radius 1 is 1.50 bits per heavy atom. The number of rotatable bonds is 7. The Morgan fingerprint density at radius 2 is 2.23 bits per heavy atom. The van der Waals surface area contributed by atoms with E-state index in [2.05, 4.69) is 20.9 Å². The molecule has 0 radical (unpaired) electrons. The lowest BCUT2D eigenvalue weighted by Crippen LogP contribution is -2.41. The molecule has 9 nitrogen and oxygen atoms in total. The molecule has 0 bridgehead atoms. The Hall–Kier alpha value is -1.75. The minimum absolute atomic E-state index is 0.156. The number of nitrogens with zero attached hydrogens (tertiary/aromatic N) is 1. The van der Waals surface area contributed by atoms with Crippen LogP contribution in [0.15, 0.2) is 20.8 Å². The average molecular weight is 433 g/mol. The highest BCUT2D eigenvalue weighted by molar-refractivity contribution is 9.11. The summed E-state index contributed by atoms with van der Waals surface area (Å²) >= 11 is 3.05. The molecule has 0 amide bonds. The molecule has 26 heavy (non-hydrogen) atoms. The molecule has 4 atom stereocenters. The zero-order chi connectivity index (χ0) is 19.3. The van der Waals surface area contributed by atoms with Crippen LogP contribution in [0.3, 0.4) is 0 Å². The Labute approximate surface area is 157 Å². The van der Waals surface area contributed by atoms with E-state index in [1.807, 2.05) is 6.92 Å². The van der Waals surface area contributed by atoms with Crippen molar-refractivity contribution in [2.24, 2.45) is 0 Å². The molecule has 0 saturated carbocycles. The van der Waals surface area contributed by atoms with Crippen LogP contribution in [0.4, 0.5) is 0 Å². The summed E-state index contributed by atoms with van der Waals surface area (Å²) in [4.78, 5) is 39.5. The van der Waals surface area contributed by atoms with E-state index in [9.17, 15) is 24.6 Å². The molecule has 3 N–H and O–H groups in total. The first-order valence-electron chi connectivity index (χ1n) is 8.19. The number of aromatic amines is 1. The molecular weight excluding hydrogens is 412 g/mol. The van der Waals surface area contributed by atoms with Crippen molar-refractivity contribution in [1.82, 2.24) is 9.55 Å². The Bertz CT molecular complexity index is 773. The van der Waals surface area contributed by atoms with Gasteiger partial charge in [0.15, 0.2) is 12.3 Å². The molecule has 1 aliphatic rings. The largest absolute Gasteiger partial charge is 0.455 e. The molecule has 1 aromatic rings. The number of carbonyl (C=O) groups excluding carboxylic acids is 1. The molecule has 0 aliphatic carbocycles. The van der Waals surface area contributed by atoms with Crippen LogP contribution in [-0.4, -0.2) is 50.7 Å². The normalized spacial score (nSPS) is 25.7. The number of unbranched alkanes of at least 4 members (excludes halogenated alkanes) is 1. The lowest BCUT2D eigenvalue weighted by Gasteiger charge is -2.22. The summed E-state index contributed by atoms with van der Waals surface area (Å²) in [6, 6.07) is 0. The van der Waals surface area contributed by atoms with Gasteiger partial charge in [0.1, 0.15) is 12.2 Å². The second kappa shape index (κ2) is 9.26. The van der Waals surface area contributed by atoms with Crippen LogP contribution >= 0.6 is 15.9 Å². The maximum absolute atomic E-state index is 12.2. The van der Waals surface area contributed by atoms with Crippen LogP contribution in [0.5, 0.6) is 0 Å². The van der Waals surface area contributed by atoms with Crippen LogP contribution in [0, 0.1) is 0 Å². The van der Waals surface area contributed by atoms with Crippen molar-refractivity contribution in [3.05, 3.63) is 37.6 Å². The van der Waals surface area contributed by atoms with E-state index in [0.29, 0.717) is 6.42 Å². The van der Waals surface area contributed by atoms with E-state index in [0.717, 1.165) is 11.0 Å². The molecule has 1 fully saturated rings. The van der Waals surface area contributed by atoms with Gasteiger partial charge in [0.2, 0.25) is 0 Å². The Kier molecular flexibility index (Phi) is 7.33. The number of hydrogen-bond donors (Lipinski definition) is 3. The fourth-order valence-electron chi connectivity index (χ4n) is 2.63. The topological polar surface area (TPSA) is 131 Å². The van der Waals surface area contributed by atoms with Gasteiger partial charge in [0, 0.05) is 12.6 Å². The first kappa shape index (κ1) is 20.6. The maximum Gasteiger partial charge on any atom is 0.330 e. The fourth-order valence-corrected chi connectivity index (χ4v) is 2.91. The quantitative estimate of drug-likeness (QED) is 0.526. The van der Waals surface area contributed by atoms with Crippen molar-refractivity contribution in [3.63, 3.8) is 0 Å². The van der Waals surface area contributed by atoms with E-state index in [1.165, 1.54) is 17.3 Å². The smallest absolute Gasteiger partial charge is 0.330 e. The lowest BCUT2D eigenvalue weighted by atomic mass is 10.1. The molecule has 2 heterocycles. The standard InChI is InChI=1S/C16H21BrN2O7/c1-2-3-4-11(21)26-13-12(22)10(8-20)25-15(13)19-7-9(5-6-17)14(23)18-16(19)24/h5-7,10,12-13,15,20,22H,2-4,8H2,1H3,(H,18,23,24)/b6-5+/t10-,12-,13+,15-/m1/s1. The van der Waals surface area contributed by atoms with Gasteiger partial charge >= 0.3 is 11.7 Å². The van der Waals surface area contributed by atoms with Gasteiger partial charge in [0.25, 0.3) is 5.56 Å². The molecule has 1 aliphatic heterocycles. The van der Waals surface area contributed by atoms with Gasteiger partial charge in [-0.05, 0) is 17.5 Å². The molecule has 144 valence electrons. The maximum atomic E-state index is 12.2. The second-order valence-corrected chi connectivity index (χ2v) is 6.37. The summed E-state index contributed by atoms with van der Waals surface area (Å²) in [6.45, 7) is 1.40. The summed E-state index contributed by atoms with van der Waals surface area (Å²) in [5.74, 6) is -0.541. The summed E-state index contributed by atoms with van der Waals surface area (Å²) in [5.41, 5.74) is -1.23. The highest BCUT2D eigenvalue weighted by Gasteiger charge is 2.47. The number of ether oxygens (including phenoxy) is 2. The molecule has 1 aromatic heterocycles. The SMILES string of the molecule is CCCCC(=O)O[C@H]1[C@H](O)[C@@H](CO)O[C@H]1n1cc(/C=C/Br)c(=O)[nH]c1=O. The summed E-state index contributed by atoms with van der Waals surface area (Å²) < 4.78 is 11.8. The van der Waals surface area contributed by atoms with Crippen molar-refractivity contribution < 1.29 is 24.5 Å². The summed E-state index contributed by atoms with van der Waals surface area (Å²) in [6.07, 6.45) is -0.482. The first-order valence-corrected chi connectivity index (χ1v) is 9.10. The minimum Gasteiger partial charge on any atom is -0.455 e.